The molecule has 1 aromatic rings. The Kier molecular flexibility index (Phi) is 3.23. The first-order chi connectivity index (χ1) is 8.49. The van der Waals surface area contributed by atoms with Crippen LogP contribution in [0.4, 0.5) is 0 Å². The number of carbonyl (C=O) groups is 2. The van der Waals surface area contributed by atoms with Gasteiger partial charge in [-0.25, -0.2) is 0 Å². The van der Waals surface area contributed by atoms with E-state index in [4.69, 9.17) is 0 Å². The van der Waals surface area contributed by atoms with Gasteiger partial charge in [0.05, 0.1) is 0 Å². The van der Waals surface area contributed by atoms with Crippen LogP contribution in [-0.4, -0.2) is 27.6 Å². The van der Waals surface area contributed by atoms with Crippen molar-refractivity contribution in [1.29, 1.82) is 0 Å². The van der Waals surface area contributed by atoms with Crippen LogP contribution < -0.4 is 0 Å². The summed E-state index contributed by atoms with van der Waals surface area (Å²) in [4.78, 5) is 23.8. The summed E-state index contributed by atoms with van der Waals surface area (Å²) in [6, 6.07) is 8.17. The highest BCUT2D eigenvalue weighted by Crippen LogP contribution is 2.22. The Labute approximate surface area is 104 Å². The van der Waals surface area contributed by atoms with Crippen LogP contribution in [0.5, 0.6) is 0 Å². The van der Waals surface area contributed by atoms with Crippen LogP contribution in [-0.2, 0) is 4.79 Å². The van der Waals surface area contributed by atoms with Crippen molar-refractivity contribution >= 4 is 11.6 Å². The summed E-state index contributed by atoms with van der Waals surface area (Å²) < 4.78 is 0. The monoisotopic (exact) mass is 244 g/mol. The zero-order valence-electron chi connectivity index (χ0n) is 9.54. The number of allylic oxidation sites excluding steroid dienone is 2. The summed E-state index contributed by atoms with van der Waals surface area (Å²) in [5.41, 5.74) is 0.385. The van der Waals surface area contributed by atoms with Gasteiger partial charge in [-0.2, -0.15) is 0 Å². The van der Waals surface area contributed by atoms with Gasteiger partial charge in [0.15, 0.2) is 5.79 Å². The van der Waals surface area contributed by atoms with Crippen molar-refractivity contribution in [2.75, 3.05) is 0 Å². The molecule has 92 valence electrons. The molecule has 0 bridgehead atoms. The lowest BCUT2D eigenvalue weighted by atomic mass is 9.92. The Bertz CT molecular complexity index is 538. The summed E-state index contributed by atoms with van der Waals surface area (Å²) >= 11 is 0. The molecule has 0 aromatic heterocycles. The van der Waals surface area contributed by atoms with Gasteiger partial charge in [-0.15, -0.1) is 0 Å². The van der Waals surface area contributed by atoms with Crippen molar-refractivity contribution < 1.29 is 19.8 Å². The van der Waals surface area contributed by atoms with E-state index in [0.717, 1.165) is 6.08 Å². The summed E-state index contributed by atoms with van der Waals surface area (Å²) in [7, 11) is 0. The van der Waals surface area contributed by atoms with Crippen LogP contribution >= 0.6 is 0 Å². The molecule has 0 saturated heterocycles. The molecular weight excluding hydrogens is 232 g/mol. The number of ketones is 2. The highest BCUT2D eigenvalue weighted by molar-refractivity contribution is 6.49. The van der Waals surface area contributed by atoms with Gasteiger partial charge in [0.25, 0.3) is 0 Å². The molecule has 2 N–H and O–H groups in total. The van der Waals surface area contributed by atoms with E-state index in [1.165, 1.54) is 12.2 Å². The molecule has 2 rings (SSSR count). The maximum atomic E-state index is 11.9. The highest BCUT2D eigenvalue weighted by atomic mass is 16.5. The molecule has 1 aliphatic carbocycles. The second-order valence-corrected chi connectivity index (χ2v) is 4.13. The fraction of sp³-hybridized carbons (Fsp3) is 0.143. The molecule has 0 heterocycles. The number of Topliss-reactive ketones (excluding diaryl/α,β-unsaturated/α-hetero) is 2. The third-order valence-corrected chi connectivity index (χ3v) is 2.65. The van der Waals surface area contributed by atoms with E-state index in [1.54, 1.807) is 30.3 Å². The first-order valence-electron chi connectivity index (χ1n) is 5.47. The van der Waals surface area contributed by atoms with Crippen molar-refractivity contribution in [3.8, 4) is 0 Å². The first kappa shape index (κ1) is 12.4. The third kappa shape index (κ3) is 2.61. The molecule has 0 spiro atoms. The number of aliphatic hydroxyl groups is 2. The van der Waals surface area contributed by atoms with E-state index in [1.807, 2.05) is 0 Å². The Morgan fingerprint density at radius 2 is 1.72 bits per heavy atom. The van der Waals surface area contributed by atoms with Gasteiger partial charge in [-0.3, -0.25) is 9.59 Å². The zero-order chi connectivity index (χ0) is 13.2. The van der Waals surface area contributed by atoms with Crippen molar-refractivity contribution in [2.24, 2.45) is 0 Å². The Morgan fingerprint density at radius 3 is 2.33 bits per heavy atom. The van der Waals surface area contributed by atoms with Crippen molar-refractivity contribution in [1.82, 2.24) is 0 Å². The second-order valence-electron chi connectivity index (χ2n) is 4.13. The molecule has 18 heavy (non-hydrogen) atoms. The van der Waals surface area contributed by atoms with E-state index >= 15 is 0 Å². The molecule has 4 heteroatoms. The summed E-state index contributed by atoms with van der Waals surface area (Å²) in [6.07, 6.45) is 3.67. The third-order valence-electron chi connectivity index (χ3n) is 2.65. The van der Waals surface area contributed by atoms with Crippen LogP contribution in [0.1, 0.15) is 16.8 Å². The van der Waals surface area contributed by atoms with Gasteiger partial charge in [0.1, 0.15) is 0 Å². The number of carbonyl (C=O) groups excluding carboxylic acids is 2. The van der Waals surface area contributed by atoms with E-state index in [9.17, 15) is 19.8 Å². The lowest BCUT2D eigenvalue weighted by Gasteiger charge is -2.21. The van der Waals surface area contributed by atoms with E-state index in [0.29, 0.717) is 5.56 Å². The van der Waals surface area contributed by atoms with Gasteiger partial charge in [-0.1, -0.05) is 42.5 Å². The van der Waals surface area contributed by atoms with E-state index < -0.39 is 17.4 Å². The molecule has 1 aromatic carbocycles. The molecule has 0 aliphatic heterocycles. The number of hydrogen-bond acceptors (Lipinski definition) is 4. The molecule has 0 unspecified atom stereocenters. The lowest BCUT2D eigenvalue weighted by molar-refractivity contribution is -0.125. The summed E-state index contributed by atoms with van der Waals surface area (Å²) in [5, 5.41) is 18.8. The first-order valence-corrected chi connectivity index (χ1v) is 5.47. The zero-order valence-corrected chi connectivity index (χ0v) is 9.54. The van der Waals surface area contributed by atoms with Crippen molar-refractivity contribution in [2.45, 2.75) is 12.2 Å². The fourth-order valence-corrected chi connectivity index (χ4v) is 1.74. The Hall–Kier alpha value is -2.04. The van der Waals surface area contributed by atoms with Gasteiger partial charge in [0.2, 0.25) is 11.6 Å². The number of rotatable bonds is 3. The normalized spacial score (nSPS) is 17.1. The van der Waals surface area contributed by atoms with Crippen molar-refractivity contribution in [3.05, 3.63) is 59.7 Å². The molecule has 1 aliphatic rings. The van der Waals surface area contributed by atoms with Gasteiger partial charge in [0, 0.05) is 17.6 Å². The molecular formula is C14H12O4. The summed E-state index contributed by atoms with van der Waals surface area (Å²) in [6.45, 7) is 0. The van der Waals surface area contributed by atoms with Gasteiger partial charge >= 0.3 is 0 Å². The molecule has 0 amide bonds. The molecule has 0 radical (unpaired) electrons. The minimum Gasteiger partial charge on any atom is -0.362 e. The Balaban J connectivity index is 2.21. The lowest BCUT2D eigenvalue weighted by Crippen LogP contribution is -2.31. The van der Waals surface area contributed by atoms with Crippen LogP contribution in [0.15, 0.2) is 54.1 Å². The van der Waals surface area contributed by atoms with Gasteiger partial charge in [-0.05, 0) is 6.08 Å². The largest absolute Gasteiger partial charge is 0.362 e. The Morgan fingerprint density at radius 1 is 1.06 bits per heavy atom. The minimum atomic E-state index is -2.06. The predicted molar refractivity (Wildman–Crippen MR) is 64.8 cm³/mol. The molecule has 0 fully saturated rings. The summed E-state index contributed by atoms with van der Waals surface area (Å²) in [5.74, 6) is -3.41. The minimum absolute atomic E-state index is 0.0938. The smallest absolute Gasteiger partial charge is 0.233 e. The fourth-order valence-electron chi connectivity index (χ4n) is 1.74. The maximum absolute atomic E-state index is 11.9. The van der Waals surface area contributed by atoms with Crippen LogP contribution in [0.25, 0.3) is 0 Å². The van der Waals surface area contributed by atoms with Gasteiger partial charge < -0.3 is 10.2 Å². The van der Waals surface area contributed by atoms with Crippen molar-refractivity contribution in [3.63, 3.8) is 0 Å². The molecule has 0 atom stereocenters. The maximum Gasteiger partial charge on any atom is 0.233 e. The highest BCUT2D eigenvalue weighted by Gasteiger charge is 2.29. The predicted octanol–water partition coefficient (Wildman–Crippen LogP) is 1.01. The number of hydrogen-bond donors (Lipinski definition) is 2. The van der Waals surface area contributed by atoms with E-state index in [2.05, 4.69) is 0 Å². The van der Waals surface area contributed by atoms with E-state index in [-0.39, 0.29) is 12.0 Å². The van der Waals surface area contributed by atoms with Crippen LogP contribution in [0.3, 0.4) is 0 Å². The van der Waals surface area contributed by atoms with Crippen LogP contribution in [0.2, 0.25) is 0 Å². The quantitative estimate of drug-likeness (QED) is 0.472. The average molecular weight is 244 g/mol. The SMILES string of the molecule is O=C(C(=O)c1ccccc1)C1=CC=CC(O)(O)C1. The standard InChI is InChI=1S/C14H12O4/c15-12(10-5-2-1-3-6-10)13(16)11-7-4-8-14(17,18)9-11/h1-8,17-18H,9H2. The second kappa shape index (κ2) is 4.68. The average Bonchev–Trinajstić information content (AvgIpc) is 2.37. The topological polar surface area (TPSA) is 74.6 Å². The van der Waals surface area contributed by atoms with Crippen LogP contribution in [0, 0.1) is 0 Å². The molecule has 4 nitrogen and oxygen atoms in total. The molecule has 0 saturated carbocycles. The number of benzene rings is 1.